The maximum atomic E-state index is 12.1. The Balaban J connectivity index is 2.99. The Labute approximate surface area is 134 Å². The highest BCUT2D eigenvalue weighted by molar-refractivity contribution is 8.73. The fourth-order valence-electron chi connectivity index (χ4n) is 1.02. The summed E-state index contributed by atoms with van der Waals surface area (Å²) in [4.78, 5) is -1.24. The minimum Gasteiger partial charge on any atom is -0.255 e. The fourth-order valence-corrected chi connectivity index (χ4v) is 6.91. The number of hydrogen-bond donors (Lipinski definition) is 0. The van der Waals surface area contributed by atoms with E-state index in [1.54, 1.807) is 5.38 Å². The summed E-state index contributed by atoms with van der Waals surface area (Å²) >= 11 is 23.9. The highest BCUT2D eigenvalue weighted by atomic mass is 35.5. The van der Waals surface area contributed by atoms with Crippen LogP contribution in [0, 0.1) is 6.92 Å². The number of anilines is 1. The zero-order chi connectivity index (χ0) is 14.1. The average molecular weight is 389 g/mol. The molecule has 0 bridgehead atoms. The van der Waals surface area contributed by atoms with E-state index in [0.717, 1.165) is 9.87 Å². The van der Waals surface area contributed by atoms with Crippen LogP contribution in [0.2, 0.25) is 0 Å². The largest absolute Gasteiger partial charge is 0.292 e. The summed E-state index contributed by atoms with van der Waals surface area (Å²) in [5, 5.41) is 2.38. The maximum Gasteiger partial charge on any atom is 0.292 e. The molecule has 18 heavy (non-hydrogen) atoms. The lowest BCUT2D eigenvalue weighted by atomic mass is 10.4. The van der Waals surface area contributed by atoms with Gasteiger partial charge in [-0.05, 0) is 23.9 Å². The van der Waals surface area contributed by atoms with Gasteiger partial charge in [0.05, 0.1) is 0 Å². The lowest BCUT2D eigenvalue weighted by Gasteiger charge is -2.24. The van der Waals surface area contributed by atoms with E-state index in [4.69, 9.17) is 46.4 Å². The van der Waals surface area contributed by atoms with Crippen molar-refractivity contribution in [1.82, 2.24) is 0 Å². The van der Waals surface area contributed by atoms with Gasteiger partial charge >= 0.3 is 0 Å². The monoisotopic (exact) mass is 387 g/mol. The summed E-state index contributed by atoms with van der Waals surface area (Å²) in [6.07, 6.45) is 0. The second kappa shape index (κ2) is 6.16. The van der Waals surface area contributed by atoms with Gasteiger partial charge in [-0.1, -0.05) is 23.2 Å². The van der Waals surface area contributed by atoms with E-state index < -0.39 is 17.6 Å². The van der Waals surface area contributed by atoms with Crippen molar-refractivity contribution in [2.45, 2.75) is 15.4 Å². The molecule has 0 spiro atoms. The topological polar surface area (TPSA) is 37.4 Å². The van der Waals surface area contributed by atoms with Crippen LogP contribution in [0.1, 0.15) is 5.56 Å². The normalized spacial score (nSPS) is 13.1. The lowest BCUT2D eigenvalue weighted by Crippen LogP contribution is -2.29. The predicted molar refractivity (Wildman–Crippen MR) is 83.9 cm³/mol. The second-order valence-corrected chi connectivity index (χ2v) is 11.1. The number of alkyl halides is 4. The van der Waals surface area contributed by atoms with Gasteiger partial charge in [-0.15, -0.1) is 34.5 Å². The minimum atomic E-state index is -3.78. The van der Waals surface area contributed by atoms with E-state index in [2.05, 4.69) is 0 Å². The van der Waals surface area contributed by atoms with E-state index >= 15 is 0 Å². The molecule has 0 atom stereocenters. The van der Waals surface area contributed by atoms with Crippen molar-refractivity contribution in [3.63, 3.8) is 0 Å². The van der Waals surface area contributed by atoms with Crippen LogP contribution in [0.25, 0.3) is 0 Å². The quantitative estimate of drug-likeness (QED) is 0.553. The van der Waals surface area contributed by atoms with Crippen molar-refractivity contribution in [3.05, 3.63) is 17.0 Å². The Kier molecular flexibility index (Phi) is 5.82. The number of hydrogen-bond acceptors (Lipinski definition) is 4. The van der Waals surface area contributed by atoms with Crippen LogP contribution < -0.4 is 4.31 Å². The van der Waals surface area contributed by atoms with Gasteiger partial charge in [0.25, 0.3) is 9.06 Å². The van der Waals surface area contributed by atoms with Gasteiger partial charge in [-0.2, -0.15) is 8.42 Å². The third-order valence-corrected chi connectivity index (χ3v) is 9.56. The molecule has 0 aliphatic rings. The number of aryl methyl sites for hydroxylation is 1. The van der Waals surface area contributed by atoms with Crippen molar-refractivity contribution < 1.29 is 8.42 Å². The molecule has 1 aromatic heterocycles. The van der Waals surface area contributed by atoms with Crippen molar-refractivity contribution in [2.75, 3.05) is 11.4 Å². The fraction of sp³-hybridized carbons (Fsp3) is 0.500. The van der Waals surface area contributed by atoms with Crippen molar-refractivity contribution in [1.29, 1.82) is 0 Å². The van der Waals surface area contributed by atoms with Gasteiger partial charge in [0, 0.05) is 17.8 Å². The van der Waals surface area contributed by atoms with Gasteiger partial charge in [-0.25, -0.2) is 0 Å². The average Bonchev–Trinajstić information content (AvgIpc) is 2.61. The Bertz CT molecular complexity index is 514. The minimum absolute atomic E-state index is 0.299. The molecular weight excluding hydrogens is 380 g/mol. The predicted octanol–water partition coefficient (Wildman–Crippen LogP) is 4.41. The Morgan fingerprint density at radius 3 is 2.39 bits per heavy atom. The van der Waals surface area contributed by atoms with Crippen LogP contribution in [0.3, 0.4) is 0 Å². The van der Waals surface area contributed by atoms with E-state index in [1.807, 2.05) is 13.0 Å². The lowest BCUT2D eigenvalue weighted by molar-refractivity contribution is 0.609. The van der Waals surface area contributed by atoms with Gasteiger partial charge in [0.1, 0.15) is 5.00 Å². The molecule has 0 radical (unpaired) electrons. The first kappa shape index (κ1) is 17.0. The first-order valence-corrected chi connectivity index (χ1v) is 9.75. The molecule has 0 unspecified atom stereocenters. The van der Waals surface area contributed by atoms with Crippen LogP contribution in [0.15, 0.2) is 11.4 Å². The van der Waals surface area contributed by atoms with Gasteiger partial charge in [0.15, 0.2) is 4.84 Å². The molecule has 0 saturated heterocycles. The van der Waals surface area contributed by atoms with Crippen LogP contribution in [-0.2, 0) is 9.06 Å². The summed E-state index contributed by atoms with van der Waals surface area (Å²) in [6, 6.07) is 1.82. The molecule has 0 aromatic carbocycles. The van der Waals surface area contributed by atoms with Gasteiger partial charge < -0.3 is 0 Å². The second-order valence-electron chi connectivity index (χ2n) is 3.28. The van der Waals surface area contributed by atoms with E-state index in [1.165, 1.54) is 18.4 Å². The maximum absolute atomic E-state index is 12.1. The van der Waals surface area contributed by atoms with Crippen molar-refractivity contribution >= 4 is 82.6 Å². The zero-order valence-electron chi connectivity index (χ0n) is 9.23. The summed E-state index contributed by atoms with van der Waals surface area (Å²) in [6.45, 7) is 1.81. The molecule has 1 rings (SSSR count). The molecule has 0 aliphatic carbocycles. The van der Waals surface area contributed by atoms with Crippen LogP contribution in [-0.4, -0.2) is 24.0 Å². The van der Waals surface area contributed by atoms with Crippen LogP contribution in [0.4, 0.5) is 5.00 Å². The number of nitrogens with zero attached hydrogens (tertiary/aromatic N) is 1. The van der Waals surface area contributed by atoms with E-state index in [0.29, 0.717) is 15.8 Å². The van der Waals surface area contributed by atoms with Gasteiger partial charge in [-0.3, -0.25) is 4.31 Å². The smallest absolute Gasteiger partial charge is 0.255 e. The Morgan fingerprint density at radius 2 is 2.00 bits per heavy atom. The van der Waals surface area contributed by atoms with Crippen LogP contribution >= 0.6 is 68.5 Å². The SMILES string of the molecule is Cc1ccsc1N(C)S(=O)(=O)SC(Cl)(Cl)C(Cl)Cl. The number of halogens is 4. The summed E-state index contributed by atoms with van der Waals surface area (Å²) in [7, 11) is -2.06. The molecule has 3 nitrogen and oxygen atoms in total. The summed E-state index contributed by atoms with van der Waals surface area (Å²) in [5.74, 6) is 0. The summed E-state index contributed by atoms with van der Waals surface area (Å²) in [5.41, 5.74) is 0.842. The number of rotatable bonds is 5. The van der Waals surface area contributed by atoms with Crippen molar-refractivity contribution in [3.8, 4) is 0 Å². The molecular formula is C8H9Cl4NO2S3. The Hall–Kier alpha value is 0.960. The molecule has 104 valence electrons. The molecule has 10 heteroatoms. The van der Waals surface area contributed by atoms with E-state index in [9.17, 15) is 8.42 Å². The van der Waals surface area contributed by atoms with Crippen LogP contribution in [0.5, 0.6) is 0 Å². The molecule has 0 amide bonds. The summed E-state index contributed by atoms with van der Waals surface area (Å²) < 4.78 is 23.5. The molecule has 0 saturated carbocycles. The first-order chi connectivity index (χ1) is 8.08. The highest BCUT2D eigenvalue weighted by Gasteiger charge is 2.40. The third kappa shape index (κ3) is 3.98. The standard InChI is InChI=1S/C8H9Cl4NO2S3/c1-5-3-4-16-6(5)13(2)18(14,15)17-8(11,12)7(9)10/h3-4,7H,1-2H3. The molecule has 0 fully saturated rings. The van der Waals surface area contributed by atoms with Crippen molar-refractivity contribution in [2.24, 2.45) is 0 Å². The number of thiophene rings is 1. The first-order valence-electron chi connectivity index (χ1n) is 4.47. The Morgan fingerprint density at radius 1 is 1.44 bits per heavy atom. The third-order valence-electron chi connectivity index (χ3n) is 1.93. The zero-order valence-corrected chi connectivity index (χ0v) is 14.7. The molecule has 1 heterocycles. The molecule has 1 aromatic rings. The highest BCUT2D eigenvalue weighted by Crippen LogP contribution is 2.47. The molecule has 0 N–H and O–H groups in total. The van der Waals surface area contributed by atoms with E-state index in [-0.39, 0.29) is 0 Å². The molecule has 0 aliphatic heterocycles. The van der Waals surface area contributed by atoms with Gasteiger partial charge in [0.2, 0.25) is 3.67 Å².